The van der Waals surface area contributed by atoms with E-state index in [1.165, 1.54) is 6.07 Å². The topological polar surface area (TPSA) is 108 Å². The number of benzene rings is 3. The Labute approximate surface area is 222 Å². The number of aliphatic hydroxyl groups is 1. The molecule has 0 amide bonds. The van der Waals surface area contributed by atoms with Crippen molar-refractivity contribution in [3.05, 3.63) is 92.5 Å². The zero-order chi connectivity index (χ0) is 27.3. The molecule has 0 fully saturated rings. The van der Waals surface area contributed by atoms with E-state index in [1.54, 1.807) is 30.3 Å². The fourth-order valence-corrected chi connectivity index (χ4v) is 4.61. The Balaban J connectivity index is 1.57. The van der Waals surface area contributed by atoms with E-state index < -0.39 is 4.92 Å². The Morgan fingerprint density at radius 3 is 2.63 bits per heavy atom. The van der Waals surface area contributed by atoms with Gasteiger partial charge in [0.2, 0.25) is 5.78 Å². The Kier molecular flexibility index (Phi) is 8.32. The number of ketones is 1. The number of Topliss-reactive ketones (excluding diaryl/α,β-unsaturated/α-hetero) is 1. The van der Waals surface area contributed by atoms with Gasteiger partial charge in [0, 0.05) is 17.2 Å². The SMILES string of the molecule is CCCc1ccc(C(=O)COc2c(CO)ccc3c2CCC(C)(C)O3)c(OCc2ccccc2[N+](=O)[O-])c1. The molecule has 200 valence electrons. The number of fused-ring (bicyclic) bond motifs is 1. The molecule has 0 spiro atoms. The van der Waals surface area contributed by atoms with Crippen molar-refractivity contribution < 1.29 is 29.0 Å². The molecule has 0 aromatic heterocycles. The molecule has 0 aliphatic carbocycles. The van der Waals surface area contributed by atoms with Crippen LogP contribution in [0.3, 0.4) is 0 Å². The van der Waals surface area contributed by atoms with Crippen LogP contribution in [0.1, 0.15) is 66.2 Å². The fourth-order valence-electron chi connectivity index (χ4n) is 4.61. The zero-order valence-electron chi connectivity index (χ0n) is 22.0. The molecule has 38 heavy (non-hydrogen) atoms. The molecule has 8 heteroatoms. The van der Waals surface area contributed by atoms with Crippen molar-refractivity contribution in [1.82, 2.24) is 0 Å². The molecule has 1 N–H and O–H groups in total. The number of carbonyl (C=O) groups is 1. The highest BCUT2D eigenvalue weighted by Crippen LogP contribution is 2.40. The molecule has 0 bridgehead atoms. The van der Waals surface area contributed by atoms with Gasteiger partial charge in [-0.2, -0.15) is 0 Å². The molecular formula is C30H33NO7. The average Bonchev–Trinajstić information content (AvgIpc) is 2.90. The third-order valence-electron chi connectivity index (χ3n) is 6.64. The number of ether oxygens (including phenoxy) is 3. The van der Waals surface area contributed by atoms with Crippen LogP contribution in [0.25, 0.3) is 0 Å². The Morgan fingerprint density at radius 1 is 1.11 bits per heavy atom. The smallest absolute Gasteiger partial charge is 0.276 e. The minimum atomic E-state index is -0.448. The molecule has 0 radical (unpaired) electrons. The third kappa shape index (κ3) is 6.14. The first-order chi connectivity index (χ1) is 18.2. The van der Waals surface area contributed by atoms with Gasteiger partial charge in [-0.25, -0.2) is 0 Å². The van der Waals surface area contributed by atoms with Crippen LogP contribution in [0.4, 0.5) is 5.69 Å². The minimum Gasteiger partial charge on any atom is -0.488 e. The van der Waals surface area contributed by atoms with E-state index in [0.717, 1.165) is 30.4 Å². The number of nitro benzene ring substituents is 1. The van der Waals surface area contributed by atoms with E-state index in [0.29, 0.717) is 40.4 Å². The summed E-state index contributed by atoms with van der Waals surface area (Å²) >= 11 is 0. The van der Waals surface area contributed by atoms with Crippen LogP contribution in [-0.4, -0.2) is 28.0 Å². The first-order valence-electron chi connectivity index (χ1n) is 12.8. The molecular weight excluding hydrogens is 486 g/mol. The second-order valence-corrected chi connectivity index (χ2v) is 10.0. The van der Waals surface area contributed by atoms with Gasteiger partial charge in [0.15, 0.2) is 6.61 Å². The van der Waals surface area contributed by atoms with Gasteiger partial charge in [-0.15, -0.1) is 0 Å². The van der Waals surface area contributed by atoms with Gasteiger partial charge in [-0.1, -0.05) is 31.5 Å². The van der Waals surface area contributed by atoms with E-state index in [9.17, 15) is 20.0 Å². The summed E-state index contributed by atoms with van der Waals surface area (Å²) in [7, 11) is 0. The van der Waals surface area contributed by atoms with Gasteiger partial charge >= 0.3 is 0 Å². The summed E-state index contributed by atoms with van der Waals surface area (Å²) < 4.78 is 18.1. The van der Waals surface area contributed by atoms with Gasteiger partial charge in [0.05, 0.1) is 22.7 Å². The van der Waals surface area contributed by atoms with Crippen LogP contribution >= 0.6 is 0 Å². The normalized spacial score (nSPS) is 13.8. The highest BCUT2D eigenvalue weighted by atomic mass is 16.6. The van der Waals surface area contributed by atoms with Crippen LogP contribution in [0.15, 0.2) is 54.6 Å². The summed E-state index contributed by atoms with van der Waals surface area (Å²) in [5.41, 5.74) is 2.84. The van der Waals surface area contributed by atoms with E-state index in [4.69, 9.17) is 14.2 Å². The lowest BCUT2D eigenvalue weighted by atomic mass is 9.92. The maximum Gasteiger partial charge on any atom is 0.276 e. The van der Waals surface area contributed by atoms with E-state index in [2.05, 4.69) is 6.92 Å². The maximum atomic E-state index is 13.4. The van der Waals surface area contributed by atoms with Crippen molar-refractivity contribution >= 4 is 11.5 Å². The summed E-state index contributed by atoms with van der Waals surface area (Å²) in [5.74, 6) is 1.21. The second-order valence-electron chi connectivity index (χ2n) is 10.0. The average molecular weight is 520 g/mol. The molecule has 1 aliphatic rings. The zero-order valence-corrected chi connectivity index (χ0v) is 22.0. The predicted octanol–water partition coefficient (Wildman–Crippen LogP) is 5.98. The van der Waals surface area contributed by atoms with Gasteiger partial charge in [0.25, 0.3) is 5.69 Å². The molecule has 0 saturated carbocycles. The molecule has 0 atom stereocenters. The van der Waals surface area contributed by atoms with Crippen molar-refractivity contribution in [1.29, 1.82) is 0 Å². The largest absolute Gasteiger partial charge is 0.488 e. The Morgan fingerprint density at radius 2 is 1.89 bits per heavy atom. The van der Waals surface area contributed by atoms with Crippen molar-refractivity contribution in [2.24, 2.45) is 0 Å². The first kappa shape index (κ1) is 27.1. The van der Waals surface area contributed by atoms with Crippen molar-refractivity contribution in [2.75, 3.05) is 6.61 Å². The lowest BCUT2D eigenvalue weighted by Crippen LogP contribution is -2.33. The number of nitrogens with zero attached hydrogens (tertiary/aromatic N) is 1. The van der Waals surface area contributed by atoms with Crippen LogP contribution in [0.2, 0.25) is 0 Å². The lowest BCUT2D eigenvalue weighted by molar-refractivity contribution is -0.385. The molecule has 1 aliphatic heterocycles. The summed E-state index contributed by atoms with van der Waals surface area (Å²) in [5, 5.41) is 21.3. The highest BCUT2D eigenvalue weighted by molar-refractivity contribution is 6.00. The minimum absolute atomic E-state index is 0.0378. The first-order valence-corrected chi connectivity index (χ1v) is 12.8. The monoisotopic (exact) mass is 519 g/mol. The quantitative estimate of drug-likeness (QED) is 0.188. The molecule has 0 saturated heterocycles. The summed E-state index contributed by atoms with van der Waals surface area (Å²) in [6.07, 6.45) is 3.21. The number of hydrogen-bond donors (Lipinski definition) is 1. The van der Waals surface area contributed by atoms with Gasteiger partial charge in [-0.05, 0) is 69.0 Å². The Bertz CT molecular complexity index is 1330. The third-order valence-corrected chi connectivity index (χ3v) is 6.64. The van der Waals surface area contributed by atoms with Crippen LogP contribution in [0.5, 0.6) is 17.2 Å². The van der Waals surface area contributed by atoms with Crippen LogP contribution in [0, 0.1) is 10.1 Å². The number of rotatable bonds is 11. The van der Waals surface area contributed by atoms with Gasteiger partial charge in [-0.3, -0.25) is 14.9 Å². The molecule has 3 aromatic rings. The number of aryl methyl sites for hydroxylation is 1. The fraction of sp³-hybridized carbons (Fsp3) is 0.367. The number of nitro groups is 1. The summed E-state index contributed by atoms with van der Waals surface area (Å²) in [6.45, 7) is 5.56. The number of carbonyl (C=O) groups excluding carboxylic acids is 1. The number of hydrogen-bond acceptors (Lipinski definition) is 7. The van der Waals surface area contributed by atoms with Crippen LogP contribution < -0.4 is 14.2 Å². The van der Waals surface area contributed by atoms with E-state index >= 15 is 0 Å². The highest BCUT2D eigenvalue weighted by Gasteiger charge is 2.30. The Hall–Kier alpha value is -3.91. The van der Waals surface area contributed by atoms with Crippen molar-refractivity contribution in [3.8, 4) is 17.2 Å². The summed E-state index contributed by atoms with van der Waals surface area (Å²) in [6, 6.07) is 15.4. The number of aliphatic hydroxyl groups excluding tert-OH is 1. The summed E-state index contributed by atoms with van der Waals surface area (Å²) in [4.78, 5) is 24.3. The lowest BCUT2D eigenvalue weighted by Gasteiger charge is -2.33. The standard InChI is InChI=1S/C30H33NO7/c1-4-7-20-10-12-23(28(16-20)36-18-22-8-5-6-9-25(22)31(34)35)26(33)19-37-29-21(17-32)11-13-27-24(29)14-15-30(2,3)38-27/h5-6,8-13,16,32H,4,7,14-15,17-19H2,1-3H3. The van der Waals surface area contributed by atoms with Crippen LogP contribution in [-0.2, 0) is 26.1 Å². The molecule has 0 unspecified atom stereocenters. The second kappa shape index (κ2) is 11.6. The number of para-hydroxylation sites is 1. The molecule has 1 heterocycles. The van der Waals surface area contributed by atoms with E-state index in [-0.39, 0.29) is 36.9 Å². The van der Waals surface area contributed by atoms with Crippen molar-refractivity contribution in [2.45, 2.75) is 65.3 Å². The van der Waals surface area contributed by atoms with Crippen molar-refractivity contribution in [3.63, 3.8) is 0 Å². The molecule has 4 rings (SSSR count). The predicted molar refractivity (Wildman–Crippen MR) is 143 cm³/mol. The van der Waals surface area contributed by atoms with Gasteiger partial charge < -0.3 is 19.3 Å². The molecule has 8 nitrogen and oxygen atoms in total. The molecule has 3 aromatic carbocycles. The van der Waals surface area contributed by atoms with E-state index in [1.807, 2.05) is 32.0 Å². The van der Waals surface area contributed by atoms with Gasteiger partial charge in [0.1, 0.15) is 29.5 Å². The maximum absolute atomic E-state index is 13.4.